The largest absolute Gasteiger partial charge is 0.481 e. The van der Waals surface area contributed by atoms with Gasteiger partial charge in [0.05, 0.1) is 16.0 Å². The van der Waals surface area contributed by atoms with Gasteiger partial charge in [-0.2, -0.15) is 8.78 Å². The van der Waals surface area contributed by atoms with E-state index >= 15 is 0 Å². The highest BCUT2D eigenvalue weighted by Crippen LogP contribution is 2.27. The van der Waals surface area contributed by atoms with Crippen molar-refractivity contribution in [3.05, 3.63) is 24.3 Å². The van der Waals surface area contributed by atoms with E-state index in [2.05, 4.69) is 5.32 Å². The van der Waals surface area contributed by atoms with Gasteiger partial charge >= 0.3 is 11.7 Å². The van der Waals surface area contributed by atoms with Crippen molar-refractivity contribution >= 4 is 21.5 Å². The van der Waals surface area contributed by atoms with Gasteiger partial charge in [-0.15, -0.1) is 0 Å². The second-order valence-electron chi connectivity index (χ2n) is 4.84. The monoisotopic (exact) mass is 307 g/mol. The Bertz CT molecular complexity index is 599. The number of hydrogen-bond donors (Lipinski definition) is 2. The van der Waals surface area contributed by atoms with Crippen LogP contribution in [0.2, 0.25) is 0 Å². The summed E-state index contributed by atoms with van der Waals surface area (Å²) in [6.45, 7) is 2.78. The van der Waals surface area contributed by atoms with Gasteiger partial charge in [-0.3, -0.25) is 4.79 Å². The summed E-state index contributed by atoms with van der Waals surface area (Å²) in [4.78, 5) is 10.4. The van der Waals surface area contributed by atoms with Gasteiger partial charge in [0.25, 0.3) is 0 Å². The minimum Gasteiger partial charge on any atom is -0.481 e. The highest BCUT2D eigenvalue weighted by molar-refractivity contribution is 7.91. The number of alkyl halides is 2. The number of aliphatic carboxylic acids is 1. The molecular weight excluding hydrogens is 292 g/mol. The van der Waals surface area contributed by atoms with E-state index in [4.69, 9.17) is 5.11 Å². The molecule has 1 aromatic rings. The van der Waals surface area contributed by atoms with Crippen LogP contribution in [0.5, 0.6) is 0 Å². The lowest BCUT2D eigenvalue weighted by Gasteiger charge is -2.21. The molecule has 0 aliphatic heterocycles. The van der Waals surface area contributed by atoms with E-state index in [1.807, 2.05) is 0 Å². The van der Waals surface area contributed by atoms with Crippen molar-refractivity contribution in [2.45, 2.75) is 24.5 Å². The van der Waals surface area contributed by atoms with Crippen LogP contribution in [0.15, 0.2) is 29.2 Å². The summed E-state index contributed by atoms with van der Waals surface area (Å²) in [6, 6.07) is 5.16. The Labute approximate surface area is 115 Å². The number of carboxylic acids is 1. The topological polar surface area (TPSA) is 83.5 Å². The molecule has 0 aliphatic rings. The van der Waals surface area contributed by atoms with Crippen LogP contribution in [0.3, 0.4) is 0 Å². The van der Waals surface area contributed by atoms with E-state index in [0.29, 0.717) is 0 Å². The summed E-state index contributed by atoms with van der Waals surface area (Å²) in [6.07, 6.45) is 0. The zero-order valence-corrected chi connectivity index (χ0v) is 11.7. The minimum absolute atomic E-state index is 0.0397. The van der Waals surface area contributed by atoms with Crippen molar-refractivity contribution in [1.29, 1.82) is 0 Å². The summed E-state index contributed by atoms with van der Waals surface area (Å²) >= 11 is 0. The van der Waals surface area contributed by atoms with E-state index in [-0.39, 0.29) is 12.2 Å². The molecule has 0 atom stereocenters. The quantitative estimate of drug-likeness (QED) is 0.842. The van der Waals surface area contributed by atoms with Gasteiger partial charge in [-0.1, -0.05) is 12.1 Å². The third-order valence-corrected chi connectivity index (χ3v) is 4.17. The van der Waals surface area contributed by atoms with Crippen molar-refractivity contribution in [1.82, 2.24) is 0 Å². The van der Waals surface area contributed by atoms with E-state index in [0.717, 1.165) is 6.07 Å². The second-order valence-corrected chi connectivity index (χ2v) is 6.73. The molecule has 0 spiro atoms. The maximum atomic E-state index is 12.6. The lowest BCUT2D eigenvalue weighted by atomic mass is 9.94. The number of nitrogens with one attached hydrogen (secondary N) is 1. The minimum atomic E-state index is -4.74. The molecule has 112 valence electrons. The molecule has 2 N–H and O–H groups in total. The molecule has 1 rings (SSSR count). The van der Waals surface area contributed by atoms with Crippen LogP contribution in [0.1, 0.15) is 13.8 Å². The summed E-state index contributed by atoms with van der Waals surface area (Å²) in [5, 5.41) is 11.6. The van der Waals surface area contributed by atoms with Crippen molar-refractivity contribution in [2.75, 3.05) is 11.9 Å². The second kappa shape index (κ2) is 5.74. The number of sulfone groups is 1. The Morgan fingerprint density at radius 1 is 1.35 bits per heavy atom. The third kappa shape index (κ3) is 3.44. The highest BCUT2D eigenvalue weighted by atomic mass is 32.2. The lowest BCUT2D eigenvalue weighted by molar-refractivity contribution is -0.146. The number of para-hydroxylation sites is 1. The number of anilines is 1. The van der Waals surface area contributed by atoms with Crippen molar-refractivity contribution in [3.63, 3.8) is 0 Å². The number of carboxylic acid groups (broad SMARTS) is 1. The molecule has 0 radical (unpaired) electrons. The molecule has 0 saturated carbocycles. The first kappa shape index (κ1) is 16.4. The average molecular weight is 307 g/mol. The number of carbonyl (C=O) groups is 1. The van der Waals surface area contributed by atoms with Crippen LogP contribution in [-0.4, -0.2) is 31.8 Å². The molecule has 0 saturated heterocycles. The van der Waals surface area contributed by atoms with Crippen molar-refractivity contribution in [2.24, 2.45) is 5.41 Å². The first-order chi connectivity index (χ1) is 9.09. The zero-order chi connectivity index (χ0) is 15.6. The maximum absolute atomic E-state index is 12.6. The molecule has 0 fully saturated rings. The SMILES string of the molecule is CC(C)(CNc1ccccc1S(=O)(=O)C(F)F)C(=O)O. The predicted molar refractivity (Wildman–Crippen MR) is 69.5 cm³/mol. The Morgan fingerprint density at radius 3 is 2.40 bits per heavy atom. The van der Waals surface area contributed by atoms with E-state index in [9.17, 15) is 22.0 Å². The van der Waals surface area contributed by atoms with Crippen LogP contribution < -0.4 is 5.32 Å². The molecular formula is C12H15F2NO4S. The van der Waals surface area contributed by atoms with Crippen molar-refractivity contribution < 1.29 is 27.1 Å². The van der Waals surface area contributed by atoms with E-state index in [1.54, 1.807) is 0 Å². The lowest BCUT2D eigenvalue weighted by Crippen LogP contribution is -2.32. The summed E-state index contributed by atoms with van der Waals surface area (Å²) in [5.74, 6) is -4.61. The molecule has 0 amide bonds. The number of hydrogen-bond acceptors (Lipinski definition) is 4. The number of benzene rings is 1. The maximum Gasteiger partial charge on any atom is 0.341 e. The van der Waals surface area contributed by atoms with Crippen LogP contribution in [0, 0.1) is 5.41 Å². The van der Waals surface area contributed by atoms with Gasteiger partial charge in [0, 0.05) is 6.54 Å². The first-order valence-corrected chi connectivity index (χ1v) is 7.22. The van der Waals surface area contributed by atoms with Gasteiger partial charge < -0.3 is 10.4 Å². The fraction of sp³-hybridized carbons (Fsp3) is 0.417. The third-order valence-electron chi connectivity index (χ3n) is 2.73. The van der Waals surface area contributed by atoms with E-state index < -0.39 is 31.9 Å². The van der Waals surface area contributed by atoms with Crippen LogP contribution >= 0.6 is 0 Å². The van der Waals surface area contributed by atoms with Crippen LogP contribution in [-0.2, 0) is 14.6 Å². The summed E-state index contributed by atoms with van der Waals surface area (Å²) in [7, 11) is -4.74. The average Bonchev–Trinajstić information content (AvgIpc) is 2.36. The Morgan fingerprint density at radius 2 is 1.90 bits per heavy atom. The fourth-order valence-electron chi connectivity index (χ4n) is 1.35. The normalized spacial score (nSPS) is 12.4. The molecule has 0 aromatic heterocycles. The molecule has 0 heterocycles. The van der Waals surface area contributed by atoms with Crippen LogP contribution in [0.4, 0.5) is 14.5 Å². The fourth-order valence-corrected chi connectivity index (χ4v) is 2.26. The molecule has 20 heavy (non-hydrogen) atoms. The van der Waals surface area contributed by atoms with Crippen LogP contribution in [0.25, 0.3) is 0 Å². The zero-order valence-electron chi connectivity index (χ0n) is 10.9. The summed E-state index contributed by atoms with van der Waals surface area (Å²) < 4.78 is 48.2. The van der Waals surface area contributed by atoms with Gasteiger partial charge in [0.15, 0.2) is 0 Å². The number of halogens is 2. The Balaban J connectivity index is 3.08. The Hall–Kier alpha value is -1.70. The molecule has 0 aliphatic carbocycles. The molecule has 0 bridgehead atoms. The van der Waals surface area contributed by atoms with Crippen molar-refractivity contribution in [3.8, 4) is 0 Å². The molecule has 1 aromatic carbocycles. The standard InChI is InChI=1S/C12H15F2NO4S/c1-12(2,10(16)17)7-15-8-5-3-4-6-9(8)20(18,19)11(13)14/h3-6,11,15H,7H2,1-2H3,(H,16,17). The Kier molecular flexibility index (Phi) is 4.69. The van der Waals surface area contributed by atoms with Gasteiger partial charge in [-0.05, 0) is 26.0 Å². The first-order valence-electron chi connectivity index (χ1n) is 5.67. The molecule has 0 unspecified atom stereocenters. The van der Waals surface area contributed by atoms with Gasteiger partial charge in [0.1, 0.15) is 0 Å². The van der Waals surface area contributed by atoms with Gasteiger partial charge in [-0.25, -0.2) is 8.42 Å². The van der Waals surface area contributed by atoms with Gasteiger partial charge in [0.2, 0.25) is 9.84 Å². The van der Waals surface area contributed by atoms with E-state index in [1.165, 1.54) is 32.0 Å². The highest BCUT2D eigenvalue weighted by Gasteiger charge is 2.31. The predicted octanol–water partition coefficient (Wildman–Crippen LogP) is 2.21. The molecule has 8 heteroatoms. The smallest absolute Gasteiger partial charge is 0.341 e. The number of rotatable bonds is 6. The summed E-state index contributed by atoms with van der Waals surface area (Å²) in [5.41, 5.74) is -1.20. The molecule has 5 nitrogen and oxygen atoms in total.